The second kappa shape index (κ2) is 7.79. The van der Waals surface area contributed by atoms with Crippen LogP contribution in [0.15, 0.2) is 55.0 Å². The van der Waals surface area contributed by atoms with E-state index in [1.807, 2.05) is 0 Å². The van der Waals surface area contributed by atoms with Crippen LogP contribution in [0.1, 0.15) is 21.6 Å². The highest BCUT2D eigenvalue weighted by atomic mass is 35.5. The molecule has 0 spiro atoms. The third-order valence-electron chi connectivity index (χ3n) is 3.80. The van der Waals surface area contributed by atoms with E-state index in [0.29, 0.717) is 16.1 Å². The number of hydrogen-bond acceptors (Lipinski definition) is 3. The fraction of sp³-hybridized carbons (Fsp3) is 0.167. The Labute approximate surface area is 157 Å². The lowest BCUT2D eigenvalue weighted by Gasteiger charge is -2.13. The van der Waals surface area contributed by atoms with Crippen molar-refractivity contribution >= 4 is 17.5 Å². The molecular weight excluding hydrogens is 381 g/mol. The van der Waals surface area contributed by atoms with Crippen molar-refractivity contribution in [1.82, 2.24) is 20.1 Å². The van der Waals surface area contributed by atoms with E-state index in [4.69, 9.17) is 11.6 Å². The number of nitrogens with zero attached hydrogens (tertiary/aromatic N) is 3. The maximum Gasteiger partial charge on any atom is 0.434 e. The van der Waals surface area contributed by atoms with Crippen molar-refractivity contribution in [2.75, 3.05) is 6.54 Å². The Morgan fingerprint density at radius 2 is 1.78 bits per heavy atom. The molecule has 1 amide bonds. The summed E-state index contributed by atoms with van der Waals surface area (Å²) in [5.41, 5.74) is -0.598. The molecule has 0 fully saturated rings. The molecule has 140 valence electrons. The molecule has 0 saturated carbocycles. The number of rotatable bonds is 5. The van der Waals surface area contributed by atoms with Crippen LogP contribution >= 0.6 is 11.6 Å². The Hall–Kier alpha value is -2.87. The normalized spacial score (nSPS) is 11.4. The number of carbonyl (C=O) groups is 1. The van der Waals surface area contributed by atoms with Gasteiger partial charge in [-0.3, -0.25) is 9.78 Å². The number of pyridine rings is 1. The number of halogens is 4. The van der Waals surface area contributed by atoms with E-state index >= 15 is 0 Å². The standard InChI is InChI=1S/C18H14ClF3N4O/c19-13-1-3-14(4-2-13)26-16(18(20,21)22)15(11-25-26)17(27)24-10-7-12-5-8-23-9-6-12/h1-6,8-9,11H,7,10H2,(H,24,27). The topological polar surface area (TPSA) is 59.8 Å². The second-order valence-electron chi connectivity index (χ2n) is 5.65. The number of amides is 1. The van der Waals surface area contributed by atoms with Gasteiger partial charge in [-0.2, -0.15) is 18.3 Å². The monoisotopic (exact) mass is 394 g/mol. The number of nitrogens with one attached hydrogen (secondary N) is 1. The molecule has 9 heteroatoms. The van der Waals surface area contributed by atoms with Gasteiger partial charge in [0, 0.05) is 24.0 Å². The number of aromatic nitrogens is 3. The molecule has 0 unspecified atom stereocenters. The summed E-state index contributed by atoms with van der Waals surface area (Å²) in [6.45, 7) is 0.187. The lowest BCUT2D eigenvalue weighted by molar-refractivity contribution is -0.143. The Morgan fingerprint density at radius 3 is 2.41 bits per heavy atom. The van der Waals surface area contributed by atoms with E-state index in [0.717, 1.165) is 11.8 Å². The lowest BCUT2D eigenvalue weighted by Crippen LogP contribution is -2.28. The van der Waals surface area contributed by atoms with Gasteiger partial charge in [0.2, 0.25) is 0 Å². The van der Waals surface area contributed by atoms with Crippen LogP contribution in [-0.4, -0.2) is 27.2 Å². The fourth-order valence-electron chi connectivity index (χ4n) is 2.53. The molecule has 0 radical (unpaired) electrons. The van der Waals surface area contributed by atoms with Gasteiger partial charge in [0.1, 0.15) is 0 Å². The van der Waals surface area contributed by atoms with Crippen molar-refractivity contribution in [3.05, 3.63) is 76.8 Å². The molecule has 5 nitrogen and oxygen atoms in total. The molecule has 2 aromatic heterocycles. The molecule has 27 heavy (non-hydrogen) atoms. The molecular formula is C18H14ClF3N4O. The summed E-state index contributed by atoms with van der Waals surface area (Å²) in [6.07, 6.45) is -0.155. The summed E-state index contributed by atoms with van der Waals surface area (Å²) >= 11 is 5.77. The maximum absolute atomic E-state index is 13.6. The Kier molecular flexibility index (Phi) is 5.46. The first-order chi connectivity index (χ1) is 12.9. The van der Waals surface area contributed by atoms with E-state index < -0.39 is 23.3 Å². The zero-order valence-electron chi connectivity index (χ0n) is 13.9. The SMILES string of the molecule is O=C(NCCc1ccncc1)c1cnn(-c2ccc(Cl)cc2)c1C(F)(F)F. The molecule has 0 aliphatic carbocycles. The van der Waals surface area contributed by atoms with E-state index in [2.05, 4.69) is 15.4 Å². The molecule has 3 aromatic rings. The van der Waals surface area contributed by atoms with Crippen molar-refractivity contribution < 1.29 is 18.0 Å². The summed E-state index contributed by atoms with van der Waals surface area (Å²) in [6, 6.07) is 9.24. The minimum atomic E-state index is -4.76. The Balaban J connectivity index is 1.82. The summed E-state index contributed by atoms with van der Waals surface area (Å²) < 4.78 is 41.4. The molecule has 1 aromatic carbocycles. The molecule has 0 aliphatic heterocycles. The van der Waals surface area contributed by atoms with Gasteiger partial charge in [0.15, 0.2) is 5.69 Å². The van der Waals surface area contributed by atoms with Gasteiger partial charge in [-0.25, -0.2) is 4.68 Å². The average Bonchev–Trinajstić information content (AvgIpc) is 3.09. The lowest BCUT2D eigenvalue weighted by atomic mass is 10.2. The number of alkyl halides is 3. The molecule has 0 aliphatic rings. The molecule has 0 bridgehead atoms. The summed E-state index contributed by atoms with van der Waals surface area (Å²) in [5, 5.41) is 6.64. The van der Waals surface area contributed by atoms with Crippen LogP contribution in [0.4, 0.5) is 13.2 Å². The number of benzene rings is 1. The van der Waals surface area contributed by atoms with Crippen LogP contribution in [0.2, 0.25) is 5.02 Å². The second-order valence-corrected chi connectivity index (χ2v) is 6.09. The van der Waals surface area contributed by atoms with Gasteiger partial charge in [-0.1, -0.05) is 11.6 Å². The highest BCUT2D eigenvalue weighted by Crippen LogP contribution is 2.33. The number of carbonyl (C=O) groups excluding carboxylic acids is 1. The molecule has 2 heterocycles. The van der Waals surface area contributed by atoms with Crippen LogP contribution in [0.25, 0.3) is 5.69 Å². The van der Waals surface area contributed by atoms with E-state index in [1.165, 1.54) is 24.3 Å². The van der Waals surface area contributed by atoms with Crippen molar-refractivity contribution in [2.45, 2.75) is 12.6 Å². The van der Waals surface area contributed by atoms with Crippen LogP contribution in [0.5, 0.6) is 0 Å². The molecule has 1 N–H and O–H groups in total. The first kappa shape index (κ1) is 18.9. The zero-order valence-corrected chi connectivity index (χ0v) is 14.6. The number of hydrogen-bond donors (Lipinski definition) is 1. The third-order valence-corrected chi connectivity index (χ3v) is 4.05. The Bertz CT molecular complexity index is 924. The van der Waals surface area contributed by atoms with Crippen LogP contribution in [-0.2, 0) is 12.6 Å². The fourth-order valence-corrected chi connectivity index (χ4v) is 2.66. The quantitative estimate of drug-likeness (QED) is 0.713. The van der Waals surface area contributed by atoms with Crippen LogP contribution in [0.3, 0.4) is 0 Å². The van der Waals surface area contributed by atoms with Gasteiger partial charge < -0.3 is 5.32 Å². The van der Waals surface area contributed by atoms with Crippen molar-refractivity contribution in [1.29, 1.82) is 0 Å². The maximum atomic E-state index is 13.6. The van der Waals surface area contributed by atoms with Crippen molar-refractivity contribution in [3.63, 3.8) is 0 Å². The van der Waals surface area contributed by atoms with Gasteiger partial charge in [0.05, 0.1) is 17.4 Å². The Morgan fingerprint density at radius 1 is 1.11 bits per heavy atom. The predicted octanol–water partition coefficient (Wildman–Crippen LogP) is 3.91. The first-order valence-corrected chi connectivity index (χ1v) is 8.32. The van der Waals surface area contributed by atoms with Gasteiger partial charge in [0.25, 0.3) is 5.91 Å². The average molecular weight is 395 g/mol. The summed E-state index contributed by atoms with van der Waals surface area (Å²) in [5.74, 6) is -0.836. The van der Waals surface area contributed by atoms with E-state index in [1.54, 1.807) is 24.5 Å². The van der Waals surface area contributed by atoms with Crippen molar-refractivity contribution in [2.24, 2.45) is 0 Å². The van der Waals surface area contributed by atoms with Gasteiger partial charge in [-0.15, -0.1) is 0 Å². The largest absolute Gasteiger partial charge is 0.434 e. The molecule has 3 rings (SSSR count). The molecule has 0 saturated heterocycles. The third kappa shape index (κ3) is 4.46. The van der Waals surface area contributed by atoms with E-state index in [-0.39, 0.29) is 12.2 Å². The highest BCUT2D eigenvalue weighted by molar-refractivity contribution is 6.30. The minimum absolute atomic E-state index is 0.155. The predicted molar refractivity (Wildman–Crippen MR) is 93.9 cm³/mol. The smallest absolute Gasteiger partial charge is 0.352 e. The zero-order chi connectivity index (χ0) is 19.4. The van der Waals surface area contributed by atoms with Gasteiger partial charge >= 0.3 is 6.18 Å². The first-order valence-electron chi connectivity index (χ1n) is 7.94. The van der Waals surface area contributed by atoms with Gasteiger partial charge in [-0.05, 0) is 48.4 Å². The van der Waals surface area contributed by atoms with Crippen LogP contribution < -0.4 is 5.32 Å². The minimum Gasteiger partial charge on any atom is -0.352 e. The van der Waals surface area contributed by atoms with E-state index in [9.17, 15) is 18.0 Å². The summed E-state index contributed by atoms with van der Waals surface area (Å²) in [7, 11) is 0. The van der Waals surface area contributed by atoms with Crippen molar-refractivity contribution in [3.8, 4) is 5.69 Å². The molecule has 0 atom stereocenters. The highest BCUT2D eigenvalue weighted by Gasteiger charge is 2.40. The van der Waals surface area contributed by atoms with Crippen LogP contribution in [0, 0.1) is 0 Å². The summed E-state index contributed by atoms with van der Waals surface area (Å²) in [4.78, 5) is 16.2.